The van der Waals surface area contributed by atoms with Crippen molar-refractivity contribution >= 4 is 35.7 Å². The number of carbonyl (C=O) groups is 6. The monoisotopic (exact) mass is 1650 g/mol. The fraction of sp³-hybridized carbons (Fsp3) is 0.938. The number of carbonyl (C=O) groups excluding carboxylic acids is 4. The van der Waals surface area contributed by atoms with Gasteiger partial charge in [-0.2, -0.15) is 0 Å². The number of hydrogen-bond donors (Lipinski definition) is 8. The van der Waals surface area contributed by atoms with Gasteiger partial charge in [-0.3, -0.25) is 43.5 Å². The predicted octanol–water partition coefficient (Wildman–Crippen LogP) is 22.3. The second-order valence-electron chi connectivity index (χ2n) is 35.7. The predicted molar refractivity (Wildman–Crippen MR) is 481 cm³/mol. The zero-order valence-electron chi connectivity index (χ0n) is 76.8. The molecule has 4 unspecified atom stereocenters. The molecule has 0 radical (unpaired) electrons. The standard InChI is InChI=1S/C97H189N5O14/c1-8-14-20-26-32-34-36-38-48-67-93(110)116-79-61-65-89(106)83-102(81-87(104)63-46-44-55-73-97(95(113)114,70-52-41-30-24-18-12-5)71-53-42-31-25-19-13-6)77-59-57-75-99-91(108)85-100(7)84-90(107)98-74-56-58-76-101(82-88(105)64-49-60-78-115-92(109)66-47-37-35-33-27-21-15-9-2)80-86(103)62-45-43-54-72-96(94(111)112,68-50-39-28-22-16-10-3)69-51-40-29-23-17-11-4/h86-89,103-106H,8-85H2,1-7H3,(H,98,107)(H,99,108)(H,111,112)(H,113,114). The molecule has 0 fully saturated rings. The minimum Gasteiger partial charge on any atom is -0.481 e. The van der Waals surface area contributed by atoms with Crippen LogP contribution >= 0.6 is 0 Å². The first-order valence-electron chi connectivity index (χ1n) is 49.4. The van der Waals surface area contributed by atoms with Crippen molar-refractivity contribution in [3.05, 3.63) is 0 Å². The molecule has 2 amide bonds. The van der Waals surface area contributed by atoms with Gasteiger partial charge >= 0.3 is 23.9 Å². The average molecular weight is 1650 g/mol. The maximum atomic E-state index is 13.2. The minimum absolute atomic E-state index is 0.0355. The zero-order chi connectivity index (χ0) is 85.5. The molecule has 0 aliphatic rings. The van der Waals surface area contributed by atoms with Crippen LogP contribution in [0.15, 0.2) is 0 Å². The molecular weight excluding hydrogens is 1460 g/mol. The van der Waals surface area contributed by atoms with E-state index in [0.29, 0.717) is 149 Å². The Kier molecular flexibility index (Phi) is 78.8. The zero-order valence-corrected chi connectivity index (χ0v) is 76.8. The number of carboxylic acid groups (broad SMARTS) is 2. The van der Waals surface area contributed by atoms with Crippen LogP contribution in [-0.2, 0) is 38.2 Å². The van der Waals surface area contributed by atoms with E-state index in [9.17, 15) is 59.4 Å². The minimum atomic E-state index is -0.698. The number of unbranched alkanes of at least 4 members (excludes halogenated alkanes) is 42. The van der Waals surface area contributed by atoms with Gasteiger partial charge in [0.05, 0.1) is 61.5 Å². The normalized spacial score (nSPS) is 13.1. The number of esters is 2. The molecule has 0 saturated heterocycles. The molecule has 0 aliphatic carbocycles. The first-order chi connectivity index (χ1) is 56.2. The number of aliphatic carboxylic acids is 2. The van der Waals surface area contributed by atoms with E-state index in [0.717, 1.165) is 186 Å². The summed E-state index contributed by atoms with van der Waals surface area (Å²) < 4.78 is 11.1. The summed E-state index contributed by atoms with van der Waals surface area (Å²) in [6, 6.07) is 0. The third kappa shape index (κ3) is 69.1. The molecule has 19 nitrogen and oxygen atoms in total. The second-order valence-corrected chi connectivity index (χ2v) is 35.7. The highest BCUT2D eigenvalue weighted by atomic mass is 16.5. The van der Waals surface area contributed by atoms with Crippen molar-refractivity contribution in [1.82, 2.24) is 25.3 Å². The Morgan fingerprint density at radius 3 is 0.802 bits per heavy atom. The number of amides is 2. The molecule has 0 spiro atoms. The Morgan fingerprint density at radius 2 is 0.526 bits per heavy atom. The Balaban J connectivity index is 5.67. The number of aliphatic hydroxyl groups excluding tert-OH is 4. The topological polar surface area (TPSA) is 276 Å². The van der Waals surface area contributed by atoms with Crippen LogP contribution in [0.3, 0.4) is 0 Å². The lowest BCUT2D eigenvalue weighted by atomic mass is 9.74. The number of nitrogens with zero attached hydrogens (tertiary/aromatic N) is 3. The van der Waals surface area contributed by atoms with Crippen LogP contribution in [0.5, 0.6) is 0 Å². The summed E-state index contributed by atoms with van der Waals surface area (Å²) in [5, 5.41) is 73.1. The number of carboxylic acids is 2. The fourth-order valence-electron chi connectivity index (χ4n) is 16.8. The Labute approximate surface area is 712 Å². The summed E-state index contributed by atoms with van der Waals surface area (Å²) in [6.45, 7) is 17.5. The largest absolute Gasteiger partial charge is 0.481 e. The summed E-state index contributed by atoms with van der Waals surface area (Å²) in [5.41, 5.74) is -1.39. The van der Waals surface area contributed by atoms with Crippen LogP contribution in [0, 0.1) is 10.8 Å². The third-order valence-corrected chi connectivity index (χ3v) is 24.3. The molecule has 686 valence electrons. The number of aliphatic hydroxyl groups is 4. The highest BCUT2D eigenvalue weighted by Crippen LogP contribution is 2.40. The lowest BCUT2D eigenvalue weighted by Gasteiger charge is -2.30. The Bertz CT molecular complexity index is 2220. The van der Waals surface area contributed by atoms with Crippen LogP contribution in [0.1, 0.15) is 465 Å². The van der Waals surface area contributed by atoms with Crippen LogP contribution < -0.4 is 10.6 Å². The van der Waals surface area contributed by atoms with Crippen LogP contribution in [-0.4, -0.2) is 191 Å². The van der Waals surface area contributed by atoms with E-state index in [1.807, 2.05) is 0 Å². The van der Waals surface area contributed by atoms with E-state index in [1.54, 1.807) is 11.9 Å². The van der Waals surface area contributed by atoms with Crippen molar-refractivity contribution in [1.29, 1.82) is 0 Å². The van der Waals surface area contributed by atoms with Gasteiger partial charge in [0.2, 0.25) is 11.8 Å². The van der Waals surface area contributed by atoms with Gasteiger partial charge in [0.25, 0.3) is 0 Å². The van der Waals surface area contributed by atoms with Crippen molar-refractivity contribution in [3.63, 3.8) is 0 Å². The van der Waals surface area contributed by atoms with Crippen molar-refractivity contribution in [2.45, 2.75) is 490 Å². The van der Waals surface area contributed by atoms with Crippen LogP contribution in [0.2, 0.25) is 0 Å². The number of ether oxygens (including phenoxy) is 2. The smallest absolute Gasteiger partial charge is 0.309 e. The van der Waals surface area contributed by atoms with E-state index >= 15 is 0 Å². The lowest BCUT2D eigenvalue weighted by Crippen LogP contribution is -2.41. The molecule has 8 N–H and O–H groups in total. The van der Waals surface area contributed by atoms with Crippen molar-refractivity contribution in [2.24, 2.45) is 10.8 Å². The van der Waals surface area contributed by atoms with Gasteiger partial charge in [-0.05, 0) is 142 Å². The Hall–Kier alpha value is -3.46. The maximum Gasteiger partial charge on any atom is 0.309 e. The van der Waals surface area contributed by atoms with Gasteiger partial charge in [-0.25, -0.2) is 0 Å². The maximum absolute atomic E-state index is 13.2. The summed E-state index contributed by atoms with van der Waals surface area (Å²) >= 11 is 0. The van der Waals surface area contributed by atoms with Crippen molar-refractivity contribution in [3.8, 4) is 0 Å². The van der Waals surface area contributed by atoms with Crippen LogP contribution in [0.25, 0.3) is 0 Å². The van der Waals surface area contributed by atoms with Crippen LogP contribution in [0.4, 0.5) is 0 Å². The molecule has 0 bridgehead atoms. The first kappa shape index (κ1) is 113. The van der Waals surface area contributed by atoms with E-state index in [2.05, 4.69) is 62.0 Å². The van der Waals surface area contributed by atoms with Gasteiger partial charge in [-0.15, -0.1) is 0 Å². The quantitative estimate of drug-likeness (QED) is 0.0208. The molecule has 0 aliphatic heterocycles. The van der Waals surface area contributed by atoms with Gasteiger partial charge in [-0.1, -0.05) is 330 Å². The molecule has 0 saturated carbocycles. The third-order valence-electron chi connectivity index (χ3n) is 24.3. The fourth-order valence-corrected chi connectivity index (χ4v) is 16.8. The number of rotatable bonds is 92. The SMILES string of the molecule is CCCCCCCCCCCC(=O)OCCCC(O)CN(CCCCNC(=O)CN(C)CC(=O)NCCCCN(CC(O)CCCCCC(CCCCCCCC)(CCCCCCCC)C(=O)O)CC(O)CCCCOC(=O)CCCCCCCCCC)CC(O)CCCCCC(CCCCCCCC)(CCCCCCCC)C(=O)O. The lowest BCUT2D eigenvalue weighted by molar-refractivity contribution is -0.151. The molecule has 116 heavy (non-hydrogen) atoms. The van der Waals surface area contributed by atoms with Gasteiger partial charge in [0, 0.05) is 52.1 Å². The highest BCUT2D eigenvalue weighted by molar-refractivity contribution is 5.81. The van der Waals surface area contributed by atoms with E-state index in [-0.39, 0.29) is 43.4 Å². The number of hydrogen-bond acceptors (Lipinski definition) is 15. The number of nitrogens with one attached hydrogen (secondary N) is 2. The summed E-state index contributed by atoms with van der Waals surface area (Å²) in [7, 11) is 1.74. The summed E-state index contributed by atoms with van der Waals surface area (Å²) in [5.74, 6) is -2.04. The average Bonchev–Trinajstić information content (AvgIpc) is 0.851. The van der Waals surface area contributed by atoms with Gasteiger partial charge in [0.15, 0.2) is 0 Å². The molecule has 0 aromatic rings. The first-order valence-corrected chi connectivity index (χ1v) is 49.4. The molecule has 0 heterocycles. The molecule has 0 rings (SSSR count). The van der Waals surface area contributed by atoms with E-state index < -0.39 is 47.2 Å². The van der Waals surface area contributed by atoms with E-state index in [1.165, 1.54) is 148 Å². The van der Waals surface area contributed by atoms with Crippen molar-refractivity contribution < 1.29 is 68.9 Å². The highest BCUT2D eigenvalue weighted by Gasteiger charge is 2.38. The number of likely N-dealkylation sites (N-methyl/N-ethyl adjacent to an activating group) is 1. The molecule has 0 aromatic carbocycles. The Morgan fingerprint density at radius 1 is 0.293 bits per heavy atom. The summed E-state index contributed by atoms with van der Waals surface area (Å²) in [6.07, 6.45) is 61.3. The van der Waals surface area contributed by atoms with Gasteiger partial charge in [0.1, 0.15) is 0 Å². The molecular formula is C97H189N5O14. The molecule has 19 heteroatoms. The molecule has 0 aromatic heterocycles. The van der Waals surface area contributed by atoms with E-state index in [4.69, 9.17) is 9.47 Å². The van der Waals surface area contributed by atoms with Gasteiger partial charge < -0.3 is 50.7 Å². The second kappa shape index (κ2) is 81.2. The summed E-state index contributed by atoms with van der Waals surface area (Å²) in [4.78, 5) is 83.5. The molecule has 4 atom stereocenters. The van der Waals surface area contributed by atoms with Crippen molar-refractivity contribution in [2.75, 3.05) is 85.7 Å².